The van der Waals surface area contributed by atoms with Gasteiger partial charge in [0.2, 0.25) is 0 Å². The monoisotopic (exact) mass is 183 g/mol. The average molecular weight is 183 g/mol. The van der Waals surface area contributed by atoms with Crippen molar-refractivity contribution in [2.75, 3.05) is 7.05 Å². The minimum absolute atomic E-state index is 0.135. The smallest absolute Gasteiger partial charge is 0.302 e. The molecule has 0 spiro atoms. The summed E-state index contributed by atoms with van der Waals surface area (Å²) < 4.78 is 5.31. The van der Waals surface area contributed by atoms with Crippen molar-refractivity contribution in [2.24, 2.45) is 0 Å². The van der Waals surface area contributed by atoms with Gasteiger partial charge in [-0.1, -0.05) is 0 Å². The van der Waals surface area contributed by atoms with Crippen molar-refractivity contribution in [1.82, 2.24) is 4.90 Å². The standard InChI is InChI=1S/C10H17NO2/c1-7(12)13-10-6-4-8-3-5-9(10)11(8)2/h8-10H,3-6H2,1-2H3/t8-,9+,10+/m1/s1. The highest BCUT2D eigenvalue weighted by Gasteiger charge is 2.41. The van der Waals surface area contributed by atoms with Crippen molar-refractivity contribution in [1.29, 1.82) is 0 Å². The fourth-order valence-electron chi connectivity index (χ4n) is 2.74. The Balaban J connectivity index is 2.01. The number of esters is 1. The van der Waals surface area contributed by atoms with Crippen molar-refractivity contribution >= 4 is 5.97 Å². The minimum atomic E-state index is -0.135. The molecule has 2 aliphatic rings. The van der Waals surface area contributed by atoms with Gasteiger partial charge in [0.1, 0.15) is 6.10 Å². The fraction of sp³-hybridized carbons (Fsp3) is 0.900. The van der Waals surface area contributed by atoms with E-state index in [1.807, 2.05) is 0 Å². The van der Waals surface area contributed by atoms with E-state index in [1.54, 1.807) is 0 Å². The van der Waals surface area contributed by atoms with Gasteiger partial charge < -0.3 is 4.74 Å². The van der Waals surface area contributed by atoms with Crippen LogP contribution in [-0.2, 0) is 9.53 Å². The number of fused-ring (bicyclic) bond motifs is 2. The summed E-state index contributed by atoms with van der Waals surface area (Å²) in [5, 5.41) is 0. The highest BCUT2D eigenvalue weighted by atomic mass is 16.5. The Bertz CT molecular complexity index is 217. The lowest BCUT2D eigenvalue weighted by Gasteiger charge is -2.36. The molecule has 0 aromatic rings. The van der Waals surface area contributed by atoms with E-state index in [0.29, 0.717) is 6.04 Å². The largest absolute Gasteiger partial charge is 0.461 e. The third-order valence-electron chi connectivity index (χ3n) is 3.43. The summed E-state index contributed by atoms with van der Waals surface area (Å²) in [5.41, 5.74) is 0. The van der Waals surface area contributed by atoms with E-state index >= 15 is 0 Å². The quantitative estimate of drug-likeness (QED) is 0.572. The third kappa shape index (κ3) is 1.57. The summed E-state index contributed by atoms with van der Waals surface area (Å²) >= 11 is 0. The van der Waals surface area contributed by atoms with Crippen LogP contribution in [0.25, 0.3) is 0 Å². The molecule has 2 aliphatic heterocycles. The normalized spacial score (nSPS) is 39.1. The molecule has 3 nitrogen and oxygen atoms in total. The molecule has 0 N–H and O–H groups in total. The lowest BCUT2D eigenvalue weighted by atomic mass is 10.0. The number of nitrogens with zero attached hydrogens (tertiary/aromatic N) is 1. The zero-order valence-electron chi connectivity index (χ0n) is 8.32. The molecular weight excluding hydrogens is 166 g/mol. The summed E-state index contributed by atoms with van der Waals surface area (Å²) in [7, 11) is 2.15. The first-order valence-electron chi connectivity index (χ1n) is 5.07. The highest BCUT2D eigenvalue weighted by Crippen LogP contribution is 2.35. The van der Waals surface area contributed by atoms with Crippen molar-refractivity contribution < 1.29 is 9.53 Å². The van der Waals surface area contributed by atoms with Crippen LogP contribution in [0.3, 0.4) is 0 Å². The molecule has 3 atom stereocenters. The van der Waals surface area contributed by atoms with Gasteiger partial charge in [0.25, 0.3) is 0 Å². The molecule has 0 unspecified atom stereocenters. The molecule has 0 aromatic carbocycles. The molecule has 0 saturated carbocycles. The van der Waals surface area contributed by atoms with Crippen LogP contribution in [0, 0.1) is 0 Å². The van der Waals surface area contributed by atoms with Gasteiger partial charge in [0.15, 0.2) is 0 Å². The predicted molar refractivity (Wildman–Crippen MR) is 49.4 cm³/mol. The van der Waals surface area contributed by atoms with Gasteiger partial charge in [0.05, 0.1) is 0 Å². The first kappa shape index (κ1) is 9.00. The number of hydrogen-bond donors (Lipinski definition) is 0. The first-order valence-corrected chi connectivity index (χ1v) is 5.07. The highest BCUT2D eigenvalue weighted by molar-refractivity contribution is 5.66. The van der Waals surface area contributed by atoms with E-state index in [0.717, 1.165) is 12.5 Å². The molecule has 3 heteroatoms. The van der Waals surface area contributed by atoms with E-state index in [2.05, 4.69) is 11.9 Å². The predicted octanol–water partition coefficient (Wildman–Crippen LogP) is 1.17. The molecule has 2 saturated heterocycles. The van der Waals surface area contributed by atoms with Crippen LogP contribution >= 0.6 is 0 Å². The third-order valence-corrected chi connectivity index (χ3v) is 3.43. The second-order valence-corrected chi connectivity index (χ2v) is 4.19. The minimum Gasteiger partial charge on any atom is -0.461 e. The molecule has 2 heterocycles. The van der Waals surface area contributed by atoms with Gasteiger partial charge in [0, 0.05) is 19.0 Å². The second-order valence-electron chi connectivity index (χ2n) is 4.19. The Hall–Kier alpha value is -0.570. The second kappa shape index (κ2) is 3.29. The SMILES string of the molecule is CC(=O)O[C@H]1CC[C@H]2CC[C@@H]1N2C. The summed E-state index contributed by atoms with van der Waals surface area (Å²) in [6.45, 7) is 1.50. The van der Waals surface area contributed by atoms with E-state index in [4.69, 9.17) is 4.74 Å². The van der Waals surface area contributed by atoms with Gasteiger partial charge in [-0.25, -0.2) is 0 Å². The first-order chi connectivity index (χ1) is 6.18. The van der Waals surface area contributed by atoms with Crippen LogP contribution in [0.15, 0.2) is 0 Å². The zero-order valence-corrected chi connectivity index (χ0v) is 8.32. The Morgan fingerprint density at radius 2 is 2.00 bits per heavy atom. The Labute approximate surface area is 79.0 Å². The molecular formula is C10H17NO2. The number of carbonyl (C=O) groups excluding carboxylic acids is 1. The topological polar surface area (TPSA) is 29.5 Å². The number of piperidine rings is 1. The van der Waals surface area contributed by atoms with E-state index < -0.39 is 0 Å². The molecule has 2 bridgehead atoms. The van der Waals surface area contributed by atoms with Crippen molar-refractivity contribution in [3.8, 4) is 0 Å². The fourth-order valence-corrected chi connectivity index (χ4v) is 2.74. The van der Waals surface area contributed by atoms with Crippen molar-refractivity contribution in [3.63, 3.8) is 0 Å². The Morgan fingerprint density at radius 1 is 1.31 bits per heavy atom. The van der Waals surface area contributed by atoms with Crippen LogP contribution < -0.4 is 0 Å². The molecule has 13 heavy (non-hydrogen) atoms. The molecule has 0 aliphatic carbocycles. The van der Waals surface area contributed by atoms with Gasteiger partial charge >= 0.3 is 5.97 Å². The molecule has 0 aromatic heterocycles. The lowest BCUT2D eigenvalue weighted by molar-refractivity contribution is -0.151. The summed E-state index contributed by atoms with van der Waals surface area (Å²) in [5.74, 6) is -0.135. The van der Waals surface area contributed by atoms with Crippen LogP contribution in [0.5, 0.6) is 0 Å². The Morgan fingerprint density at radius 3 is 2.69 bits per heavy atom. The summed E-state index contributed by atoms with van der Waals surface area (Å²) in [4.78, 5) is 13.2. The summed E-state index contributed by atoms with van der Waals surface area (Å²) in [6, 6.07) is 1.24. The molecule has 2 fully saturated rings. The lowest BCUT2D eigenvalue weighted by Crippen LogP contribution is -2.46. The zero-order chi connectivity index (χ0) is 9.42. The number of ether oxygens (including phenoxy) is 1. The number of likely N-dealkylation sites (N-methyl/N-ethyl adjacent to an activating group) is 1. The van der Waals surface area contributed by atoms with Crippen LogP contribution in [-0.4, -0.2) is 36.1 Å². The van der Waals surface area contributed by atoms with Gasteiger partial charge in [-0.2, -0.15) is 0 Å². The molecule has 74 valence electrons. The number of rotatable bonds is 1. The number of hydrogen-bond acceptors (Lipinski definition) is 3. The maximum Gasteiger partial charge on any atom is 0.302 e. The van der Waals surface area contributed by atoms with Crippen molar-refractivity contribution in [2.45, 2.75) is 50.8 Å². The molecule has 0 amide bonds. The van der Waals surface area contributed by atoms with Crippen LogP contribution in [0.2, 0.25) is 0 Å². The summed E-state index contributed by atoms with van der Waals surface area (Å²) in [6.07, 6.45) is 4.86. The Kier molecular flexibility index (Phi) is 2.28. The van der Waals surface area contributed by atoms with E-state index in [9.17, 15) is 4.79 Å². The maximum absolute atomic E-state index is 10.9. The van der Waals surface area contributed by atoms with Gasteiger partial charge in [-0.05, 0) is 32.7 Å². The van der Waals surface area contributed by atoms with Gasteiger partial charge in [-0.15, -0.1) is 0 Å². The van der Waals surface area contributed by atoms with Crippen LogP contribution in [0.1, 0.15) is 32.6 Å². The van der Waals surface area contributed by atoms with E-state index in [-0.39, 0.29) is 12.1 Å². The van der Waals surface area contributed by atoms with Gasteiger partial charge in [-0.3, -0.25) is 9.69 Å². The van der Waals surface area contributed by atoms with Crippen LogP contribution in [0.4, 0.5) is 0 Å². The maximum atomic E-state index is 10.9. The van der Waals surface area contributed by atoms with Crippen molar-refractivity contribution in [3.05, 3.63) is 0 Å². The molecule has 2 rings (SSSR count). The average Bonchev–Trinajstić information content (AvgIpc) is 2.31. The number of carbonyl (C=O) groups is 1. The van der Waals surface area contributed by atoms with E-state index in [1.165, 1.54) is 26.2 Å². The molecule has 0 radical (unpaired) electrons.